The minimum atomic E-state index is -0.880. The topological polar surface area (TPSA) is 91.8 Å². The maximum absolute atomic E-state index is 11.1. The Morgan fingerprint density at radius 1 is 1.75 bits per heavy atom. The van der Waals surface area contributed by atoms with Crippen molar-refractivity contribution in [3.8, 4) is 6.07 Å². The molecule has 86 valence electrons. The van der Waals surface area contributed by atoms with Gasteiger partial charge in [0.2, 0.25) is 0 Å². The van der Waals surface area contributed by atoms with E-state index in [1.165, 1.54) is 6.20 Å². The number of nitrogen functional groups attached to an aromatic ring is 1. The zero-order chi connectivity index (χ0) is 12.1. The molecule has 1 aromatic rings. The first-order valence-electron chi connectivity index (χ1n) is 4.76. The molecule has 1 aromatic heterocycles. The Morgan fingerprint density at radius 3 is 2.94 bits per heavy atom. The van der Waals surface area contributed by atoms with Crippen molar-refractivity contribution >= 4 is 22.3 Å². The van der Waals surface area contributed by atoms with Crippen molar-refractivity contribution in [3.05, 3.63) is 17.8 Å². The predicted molar refractivity (Wildman–Crippen MR) is 65.4 cm³/mol. The maximum atomic E-state index is 11.1. The molecule has 1 rings (SSSR count). The van der Waals surface area contributed by atoms with Gasteiger partial charge in [0, 0.05) is 35.0 Å². The van der Waals surface area contributed by atoms with E-state index in [2.05, 4.69) is 10.3 Å². The minimum absolute atomic E-state index is 0.0249. The van der Waals surface area contributed by atoms with E-state index in [0.717, 1.165) is 0 Å². The molecule has 0 amide bonds. The van der Waals surface area contributed by atoms with Crippen LogP contribution in [0.2, 0.25) is 0 Å². The highest BCUT2D eigenvalue weighted by Gasteiger charge is 2.07. The second-order valence-corrected chi connectivity index (χ2v) is 5.27. The maximum Gasteiger partial charge on any atom is 0.149 e. The fourth-order valence-electron chi connectivity index (χ4n) is 1.05. The fourth-order valence-corrected chi connectivity index (χ4v) is 1.37. The Labute approximate surface area is 97.1 Å². The van der Waals surface area contributed by atoms with Gasteiger partial charge in [-0.3, -0.25) is 4.21 Å². The molecule has 2 unspecified atom stereocenters. The van der Waals surface area contributed by atoms with Crippen molar-refractivity contribution in [3.63, 3.8) is 0 Å². The van der Waals surface area contributed by atoms with Crippen LogP contribution in [0.15, 0.2) is 12.3 Å². The monoisotopic (exact) mass is 238 g/mol. The summed E-state index contributed by atoms with van der Waals surface area (Å²) < 4.78 is 11.1. The van der Waals surface area contributed by atoms with Gasteiger partial charge in [-0.05, 0) is 13.0 Å². The number of hydrogen-bond acceptors (Lipinski definition) is 5. The molecule has 0 aliphatic rings. The first kappa shape index (κ1) is 12.5. The Bertz CT molecular complexity index is 441. The SMILES string of the molecule is CC(CNc1ncc(C#N)cc1N)S(C)=O. The van der Waals surface area contributed by atoms with Gasteiger partial charge in [0.1, 0.15) is 11.9 Å². The third kappa shape index (κ3) is 3.21. The molecule has 6 heteroatoms. The smallest absolute Gasteiger partial charge is 0.149 e. The van der Waals surface area contributed by atoms with Crippen LogP contribution in [0.5, 0.6) is 0 Å². The standard InChI is InChI=1S/C10H14N4OS/c1-7(16(2)15)5-13-10-9(12)3-8(4-11)6-14-10/h3,6-7H,5,12H2,1-2H3,(H,13,14). The second kappa shape index (κ2) is 5.47. The van der Waals surface area contributed by atoms with Crippen LogP contribution in [-0.2, 0) is 10.8 Å². The first-order valence-corrected chi connectivity index (χ1v) is 6.38. The van der Waals surface area contributed by atoms with Gasteiger partial charge in [0.05, 0.1) is 11.3 Å². The fraction of sp³-hybridized carbons (Fsp3) is 0.400. The van der Waals surface area contributed by atoms with Crippen LogP contribution >= 0.6 is 0 Å². The molecule has 0 bridgehead atoms. The van der Waals surface area contributed by atoms with Crippen molar-refractivity contribution < 1.29 is 4.21 Å². The molecule has 0 saturated heterocycles. The summed E-state index contributed by atoms with van der Waals surface area (Å²) in [5.74, 6) is 0.524. The van der Waals surface area contributed by atoms with Crippen LogP contribution in [0, 0.1) is 11.3 Å². The Morgan fingerprint density at radius 2 is 2.44 bits per heavy atom. The largest absolute Gasteiger partial charge is 0.396 e. The van der Waals surface area contributed by atoms with Crippen LogP contribution in [0.1, 0.15) is 12.5 Å². The second-order valence-electron chi connectivity index (χ2n) is 3.46. The van der Waals surface area contributed by atoms with Gasteiger partial charge < -0.3 is 11.1 Å². The third-order valence-corrected chi connectivity index (χ3v) is 3.47. The average Bonchev–Trinajstić information content (AvgIpc) is 2.26. The van der Waals surface area contributed by atoms with E-state index < -0.39 is 10.8 Å². The summed E-state index contributed by atoms with van der Waals surface area (Å²) in [6.07, 6.45) is 3.11. The summed E-state index contributed by atoms with van der Waals surface area (Å²) in [5.41, 5.74) is 6.56. The van der Waals surface area contributed by atoms with Gasteiger partial charge >= 0.3 is 0 Å². The van der Waals surface area contributed by atoms with Crippen LogP contribution < -0.4 is 11.1 Å². The van der Waals surface area contributed by atoms with Gasteiger partial charge in [-0.15, -0.1) is 0 Å². The molecule has 0 aromatic carbocycles. The number of nitrogens with two attached hydrogens (primary N) is 1. The first-order chi connectivity index (χ1) is 7.54. The van der Waals surface area contributed by atoms with Gasteiger partial charge in [0.15, 0.2) is 0 Å². The van der Waals surface area contributed by atoms with Crippen LogP contribution in [0.3, 0.4) is 0 Å². The molecule has 2 atom stereocenters. The molecule has 5 nitrogen and oxygen atoms in total. The van der Waals surface area contributed by atoms with Gasteiger partial charge in [-0.25, -0.2) is 4.98 Å². The van der Waals surface area contributed by atoms with Crippen LogP contribution in [0.4, 0.5) is 11.5 Å². The van der Waals surface area contributed by atoms with E-state index in [1.807, 2.05) is 13.0 Å². The van der Waals surface area contributed by atoms with Crippen molar-refractivity contribution in [2.75, 3.05) is 23.9 Å². The van der Waals surface area contributed by atoms with Crippen molar-refractivity contribution in [2.45, 2.75) is 12.2 Å². The molecule has 0 fully saturated rings. The molecular formula is C10H14N4OS. The van der Waals surface area contributed by atoms with Gasteiger partial charge in [-0.1, -0.05) is 0 Å². The number of anilines is 2. The number of nitrogens with one attached hydrogen (secondary N) is 1. The average molecular weight is 238 g/mol. The van der Waals surface area contributed by atoms with E-state index in [4.69, 9.17) is 11.0 Å². The van der Waals surface area contributed by atoms with E-state index in [0.29, 0.717) is 23.6 Å². The van der Waals surface area contributed by atoms with E-state index >= 15 is 0 Å². The summed E-state index contributed by atoms with van der Waals surface area (Å²) in [7, 11) is -0.880. The normalized spacial score (nSPS) is 13.8. The number of nitriles is 1. The van der Waals surface area contributed by atoms with Gasteiger partial charge in [0.25, 0.3) is 0 Å². The van der Waals surface area contributed by atoms with Crippen LogP contribution in [0.25, 0.3) is 0 Å². The molecule has 16 heavy (non-hydrogen) atoms. The summed E-state index contributed by atoms with van der Waals surface area (Å²) in [6, 6.07) is 3.52. The molecule has 3 N–H and O–H groups in total. The molecule has 0 aliphatic heterocycles. The molecular weight excluding hydrogens is 224 g/mol. The zero-order valence-corrected chi connectivity index (χ0v) is 10.0. The quantitative estimate of drug-likeness (QED) is 0.806. The summed E-state index contributed by atoms with van der Waals surface area (Å²) in [6.45, 7) is 2.41. The van der Waals surface area contributed by atoms with E-state index in [9.17, 15) is 4.21 Å². The van der Waals surface area contributed by atoms with Gasteiger partial charge in [-0.2, -0.15) is 5.26 Å². The highest BCUT2D eigenvalue weighted by molar-refractivity contribution is 7.84. The summed E-state index contributed by atoms with van der Waals surface area (Å²) in [5, 5.41) is 11.7. The molecule has 0 spiro atoms. The highest BCUT2D eigenvalue weighted by Crippen LogP contribution is 2.15. The Hall–Kier alpha value is -1.61. The number of nitrogens with zero attached hydrogens (tertiary/aromatic N) is 2. The van der Waals surface area contributed by atoms with E-state index in [-0.39, 0.29) is 5.25 Å². The Balaban J connectivity index is 2.69. The summed E-state index contributed by atoms with van der Waals surface area (Å²) in [4.78, 5) is 4.02. The van der Waals surface area contributed by atoms with Crippen molar-refractivity contribution in [1.82, 2.24) is 4.98 Å². The number of rotatable bonds is 4. The van der Waals surface area contributed by atoms with Crippen LogP contribution in [-0.4, -0.2) is 27.2 Å². The highest BCUT2D eigenvalue weighted by atomic mass is 32.2. The molecule has 0 aliphatic carbocycles. The molecule has 1 heterocycles. The number of hydrogen-bond donors (Lipinski definition) is 2. The summed E-state index contributed by atoms with van der Waals surface area (Å²) >= 11 is 0. The number of aromatic nitrogens is 1. The minimum Gasteiger partial charge on any atom is -0.396 e. The van der Waals surface area contributed by atoms with E-state index in [1.54, 1.807) is 12.3 Å². The lowest BCUT2D eigenvalue weighted by Crippen LogP contribution is -2.21. The predicted octanol–water partition coefficient (Wildman–Crippen LogP) is 0.714. The third-order valence-electron chi connectivity index (χ3n) is 2.17. The Kier molecular flexibility index (Phi) is 4.26. The lowest BCUT2D eigenvalue weighted by atomic mass is 10.3. The van der Waals surface area contributed by atoms with Crippen molar-refractivity contribution in [2.24, 2.45) is 0 Å². The zero-order valence-electron chi connectivity index (χ0n) is 9.23. The lowest BCUT2D eigenvalue weighted by Gasteiger charge is -2.11. The number of pyridine rings is 1. The molecule has 0 saturated carbocycles. The lowest BCUT2D eigenvalue weighted by molar-refractivity contribution is 0.679. The molecule has 0 radical (unpaired) electrons. The van der Waals surface area contributed by atoms with Crippen molar-refractivity contribution in [1.29, 1.82) is 5.26 Å².